The zero-order chi connectivity index (χ0) is 27.4. The van der Waals surface area contributed by atoms with Crippen LogP contribution in [0.1, 0.15) is 49.3 Å². The Morgan fingerprint density at radius 3 is 2.55 bits per heavy atom. The molecule has 3 aromatic rings. The van der Waals surface area contributed by atoms with Crippen LogP contribution >= 0.6 is 11.8 Å². The first kappa shape index (κ1) is 27.8. The number of hydrogen-bond donors (Lipinski definition) is 1. The summed E-state index contributed by atoms with van der Waals surface area (Å²) in [5.74, 6) is -0.863. The highest BCUT2D eigenvalue weighted by Crippen LogP contribution is 2.48. The lowest BCUT2D eigenvalue weighted by Crippen LogP contribution is -2.42. The maximum absolute atomic E-state index is 14.3. The Balaban J connectivity index is 1.90. The van der Waals surface area contributed by atoms with Crippen LogP contribution in [0.15, 0.2) is 48.5 Å². The molecule has 1 N–H and O–H groups in total. The molecule has 1 unspecified atom stereocenters. The summed E-state index contributed by atoms with van der Waals surface area (Å²) in [6.07, 6.45) is 0.640. The molecule has 1 aliphatic rings. The van der Waals surface area contributed by atoms with E-state index in [-0.39, 0.29) is 29.9 Å². The molecular weight excluding hydrogens is 510 g/mol. The molecule has 0 bridgehead atoms. The summed E-state index contributed by atoms with van der Waals surface area (Å²) in [5, 5.41) is 7.35. The summed E-state index contributed by atoms with van der Waals surface area (Å²) in [6.45, 7) is 6.73. The molecule has 202 valence electrons. The third-order valence-electron chi connectivity index (χ3n) is 6.17. The van der Waals surface area contributed by atoms with Crippen LogP contribution in [0.5, 0.6) is 0 Å². The number of fused-ring (bicyclic) bond motifs is 1. The van der Waals surface area contributed by atoms with E-state index >= 15 is 0 Å². The van der Waals surface area contributed by atoms with Crippen molar-refractivity contribution in [3.8, 4) is 5.69 Å². The van der Waals surface area contributed by atoms with Gasteiger partial charge in [-0.05, 0) is 48.4 Å². The lowest BCUT2D eigenvalue weighted by molar-refractivity contribution is -0.122. The van der Waals surface area contributed by atoms with E-state index in [2.05, 4.69) is 5.32 Å². The lowest BCUT2D eigenvalue weighted by Gasteiger charge is -2.24. The number of nitrogens with zero attached hydrogens (tertiary/aromatic N) is 3. The van der Waals surface area contributed by atoms with E-state index in [4.69, 9.17) is 9.84 Å². The summed E-state index contributed by atoms with van der Waals surface area (Å²) < 4.78 is 34.8. The number of hydrogen-bond acceptors (Lipinski definition) is 5. The standard InChI is InChI=1S/C28H32F2N4O3S/c1-28(2,3)26-24-25(18-7-5-8-20(30)15-18)38-17-23(36)33(16-22(35)31-13-6-14-37-4)27(24)34(32-26)21-11-9-19(29)10-12-21/h5,7-12,15,25H,6,13-14,16-17H2,1-4H3,(H,31,35). The molecule has 2 aromatic carbocycles. The molecule has 0 spiro atoms. The minimum Gasteiger partial charge on any atom is -0.385 e. The number of carbonyl (C=O) groups excluding carboxylic acids is 2. The van der Waals surface area contributed by atoms with Crippen LogP contribution in [0.4, 0.5) is 14.6 Å². The van der Waals surface area contributed by atoms with Gasteiger partial charge in [-0.2, -0.15) is 5.10 Å². The number of nitrogens with one attached hydrogen (secondary N) is 1. The van der Waals surface area contributed by atoms with Crippen molar-refractivity contribution in [2.75, 3.05) is 37.5 Å². The molecule has 0 radical (unpaired) electrons. The first-order chi connectivity index (χ1) is 18.1. The molecule has 2 heterocycles. The highest BCUT2D eigenvalue weighted by molar-refractivity contribution is 8.00. The summed E-state index contributed by atoms with van der Waals surface area (Å²) in [6, 6.07) is 12.1. The Morgan fingerprint density at radius 2 is 1.89 bits per heavy atom. The molecule has 0 fully saturated rings. The number of halogens is 2. The quantitative estimate of drug-likeness (QED) is 0.415. The molecule has 4 rings (SSSR count). The average Bonchev–Trinajstić information content (AvgIpc) is 3.20. The second kappa shape index (κ2) is 11.7. The van der Waals surface area contributed by atoms with Crippen LogP contribution in [-0.2, 0) is 19.7 Å². The predicted molar refractivity (Wildman–Crippen MR) is 145 cm³/mol. The molecular formula is C28H32F2N4O3S. The Bertz CT molecular complexity index is 1300. The number of ether oxygens (including phenoxy) is 1. The molecule has 2 amide bonds. The maximum atomic E-state index is 14.3. The van der Waals surface area contributed by atoms with Crippen LogP contribution in [0, 0.1) is 11.6 Å². The van der Waals surface area contributed by atoms with Crippen LogP contribution in [0.3, 0.4) is 0 Å². The molecule has 10 heteroatoms. The third-order valence-corrected chi connectivity index (χ3v) is 7.43. The van der Waals surface area contributed by atoms with Gasteiger partial charge in [0.15, 0.2) is 0 Å². The number of thioether (sulfide) groups is 1. The maximum Gasteiger partial charge on any atom is 0.240 e. The molecule has 0 saturated carbocycles. The second-order valence-electron chi connectivity index (χ2n) is 10.1. The Labute approximate surface area is 225 Å². The van der Waals surface area contributed by atoms with E-state index in [0.29, 0.717) is 42.3 Å². The molecule has 38 heavy (non-hydrogen) atoms. The lowest BCUT2D eigenvalue weighted by atomic mass is 9.87. The van der Waals surface area contributed by atoms with E-state index in [1.165, 1.54) is 40.9 Å². The van der Waals surface area contributed by atoms with Gasteiger partial charge in [-0.1, -0.05) is 32.9 Å². The summed E-state index contributed by atoms with van der Waals surface area (Å²) in [4.78, 5) is 28.0. The Hall–Kier alpha value is -3.24. The first-order valence-electron chi connectivity index (χ1n) is 12.4. The normalized spacial score (nSPS) is 15.8. The largest absolute Gasteiger partial charge is 0.385 e. The molecule has 7 nitrogen and oxygen atoms in total. The van der Waals surface area contributed by atoms with Gasteiger partial charge in [0.1, 0.15) is 24.0 Å². The number of anilines is 1. The first-order valence-corrected chi connectivity index (χ1v) is 13.5. The van der Waals surface area contributed by atoms with Crippen molar-refractivity contribution in [1.82, 2.24) is 15.1 Å². The van der Waals surface area contributed by atoms with E-state index in [0.717, 1.165) is 5.56 Å². The smallest absolute Gasteiger partial charge is 0.240 e. The highest BCUT2D eigenvalue weighted by Gasteiger charge is 2.40. The van der Waals surface area contributed by atoms with Gasteiger partial charge < -0.3 is 10.1 Å². The van der Waals surface area contributed by atoms with E-state index in [1.807, 2.05) is 26.8 Å². The van der Waals surface area contributed by atoms with E-state index in [9.17, 15) is 18.4 Å². The van der Waals surface area contributed by atoms with Crippen LogP contribution in [0.2, 0.25) is 0 Å². The fourth-order valence-electron chi connectivity index (χ4n) is 4.41. The monoisotopic (exact) mass is 542 g/mol. The van der Waals surface area contributed by atoms with Gasteiger partial charge in [-0.3, -0.25) is 14.5 Å². The van der Waals surface area contributed by atoms with Gasteiger partial charge in [-0.15, -0.1) is 11.8 Å². The van der Waals surface area contributed by atoms with Crippen molar-refractivity contribution in [1.29, 1.82) is 0 Å². The molecule has 0 aliphatic carbocycles. The predicted octanol–water partition coefficient (Wildman–Crippen LogP) is 4.77. The van der Waals surface area contributed by atoms with Gasteiger partial charge in [-0.25, -0.2) is 13.5 Å². The van der Waals surface area contributed by atoms with Crippen LogP contribution < -0.4 is 10.2 Å². The average molecular weight is 543 g/mol. The van der Waals surface area contributed by atoms with Gasteiger partial charge >= 0.3 is 0 Å². The van der Waals surface area contributed by atoms with Gasteiger partial charge in [0.2, 0.25) is 11.8 Å². The summed E-state index contributed by atoms with van der Waals surface area (Å²) in [5.41, 5.74) is 2.22. The number of aromatic nitrogens is 2. The van der Waals surface area contributed by atoms with Crippen molar-refractivity contribution >= 4 is 29.4 Å². The fourth-order valence-corrected chi connectivity index (χ4v) is 5.60. The number of carbonyl (C=O) groups is 2. The van der Waals surface area contributed by atoms with Gasteiger partial charge in [0.25, 0.3) is 0 Å². The van der Waals surface area contributed by atoms with Crippen LogP contribution in [-0.4, -0.2) is 54.2 Å². The topological polar surface area (TPSA) is 76.5 Å². The van der Waals surface area contributed by atoms with E-state index in [1.54, 1.807) is 30.0 Å². The Morgan fingerprint density at radius 1 is 1.16 bits per heavy atom. The molecule has 1 aromatic heterocycles. The van der Waals surface area contributed by atoms with Crippen molar-refractivity contribution in [3.63, 3.8) is 0 Å². The van der Waals surface area contributed by atoms with Crippen molar-refractivity contribution in [2.45, 2.75) is 37.9 Å². The highest BCUT2D eigenvalue weighted by atomic mass is 32.2. The van der Waals surface area contributed by atoms with E-state index < -0.39 is 16.5 Å². The van der Waals surface area contributed by atoms with Crippen molar-refractivity contribution < 1.29 is 23.1 Å². The summed E-state index contributed by atoms with van der Waals surface area (Å²) in [7, 11) is 1.59. The fraction of sp³-hybridized carbons (Fsp3) is 0.393. The minimum absolute atomic E-state index is 0.0832. The molecule has 1 atom stereocenters. The van der Waals surface area contributed by atoms with Crippen molar-refractivity contribution in [2.24, 2.45) is 0 Å². The zero-order valence-electron chi connectivity index (χ0n) is 22.0. The number of benzene rings is 2. The number of methoxy groups -OCH3 is 1. The number of amides is 2. The minimum atomic E-state index is -0.455. The Kier molecular flexibility index (Phi) is 8.52. The third kappa shape index (κ3) is 6.07. The SMILES string of the molecule is COCCCNC(=O)CN1C(=O)CSC(c2cccc(F)c2)c2c(C(C)(C)C)nn(-c3ccc(F)cc3)c21. The molecule has 0 saturated heterocycles. The van der Waals surface area contributed by atoms with Crippen molar-refractivity contribution in [3.05, 3.63) is 77.0 Å². The summed E-state index contributed by atoms with van der Waals surface area (Å²) >= 11 is 1.37. The van der Waals surface area contributed by atoms with Gasteiger partial charge in [0, 0.05) is 31.2 Å². The van der Waals surface area contributed by atoms with Crippen LogP contribution in [0.25, 0.3) is 5.69 Å². The zero-order valence-corrected chi connectivity index (χ0v) is 22.8. The number of rotatable bonds is 8. The second-order valence-corrected chi connectivity index (χ2v) is 11.2. The van der Waals surface area contributed by atoms with Gasteiger partial charge in [0.05, 0.1) is 22.4 Å². The molecule has 1 aliphatic heterocycles.